The second-order valence-electron chi connectivity index (χ2n) is 1.97. The minimum absolute atomic E-state index is 0.0351. The van der Waals surface area contributed by atoms with E-state index in [0.717, 1.165) is 0 Å². The van der Waals surface area contributed by atoms with Gasteiger partial charge in [-0.25, -0.2) is 4.39 Å². The summed E-state index contributed by atoms with van der Waals surface area (Å²) in [6.45, 7) is -0.0289. The van der Waals surface area contributed by atoms with Gasteiger partial charge in [0.15, 0.2) is 0 Å². The van der Waals surface area contributed by atoms with Crippen molar-refractivity contribution in [3.63, 3.8) is 0 Å². The molecule has 0 saturated heterocycles. The van der Waals surface area contributed by atoms with Crippen molar-refractivity contribution in [2.75, 3.05) is 6.61 Å². The Kier molecular flexibility index (Phi) is 2.39. The third-order valence-corrected chi connectivity index (χ3v) is 1.17. The number of nitrogens with zero attached hydrogens (tertiary/aromatic N) is 2. The van der Waals surface area contributed by atoms with Crippen LogP contribution in [0.4, 0.5) is 4.39 Å². The summed E-state index contributed by atoms with van der Waals surface area (Å²) in [7, 11) is 0. The standard InChI is InChI=1S/C6H9FN2O/c7-3-6-4-8-9(5-6)1-2-10/h4-5,10H,1-3H2. The Morgan fingerprint density at radius 3 is 3.00 bits per heavy atom. The van der Waals surface area contributed by atoms with Crippen LogP contribution in [0.25, 0.3) is 0 Å². The molecule has 1 heterocycles. The van der Waals surface area contributed by atoms with Crippen LogP contribution in [0.2, 0.25) is 0 Å². The molecule has 1 N–H and O–H groups in total. The van der Waals surface area contributed by atoms with Gasteiger partial charge in [-0.2, -0.15) is 5.10 Å². The molecule has 0 bridgehead atoms. The predicted molar refractivity (Wildman–Crippen MR) is 34.1 cm³/mol. The Labute approximate surface area is 58.1 Å². The van der Waals surface area contributed by atoms with Crippen molar-refractivity contribution in [1.29, 1.82) is 0 Å². The quantitative estimate of drug-likeness (QED) is 0.664. The van der Waals surface area contributed by atoms with Gasteiger partial charge in [-0.15, -0.1) is 0 Å². The van der Waals surface area contributed by atoms with Crippen LogP contribution < -0.4 is 0 Å². The fourth-order valence-corrected chi connectivity index (χ4v) is 0.700. The second-order valence-corrected chi connectivity index (χ2v) is 1.97. The molecular weight excluding hydrogens is 135 g/mol. The minimum atomic E-state index is -0.495. The summed E-state index contributed by atoms with van der Waals surface area (Å²) in [4.78, 5) is 0. The van der Waals surface area contributed by atoms with Crippen LogP contribution in [-0.4, -0.2) is 21.5 Å². The molecule has 0 amide bonds. The molecule has 0 aromatic carbocycles. The van der Waals surface area contributed by atoms with Crippen molar-refractivity contribution >= 4 is 0 Å². The average molecular weight is 144 g/mol. The van der Waals surface area contributed by atoms with Gasteiger partial charge in [0.25, 0.3) is 0 Å². The van der Waals surface area contributed by atoms with E-state index in [9.17, 15) is 4.39 Å². The van der Waals surface area contributed by atoms with Crippen molar-refractivity contribution in [3.05, 3.63) is 18.0 Å². The van der Waals surface area contributed by atoms with E-state index in [-0.39, 0.29) is 6.61 Å². The Morgan fingerprint density at radius 1 is 1.70 bits per heavy atom. The zero-order chi connectivity index (χ0) is 7.40. The monoisotopic (exact) mass is 144 g/mol. The van der Waals surface area contributed by atoms with E-state index in [0.29, 0.717) is 12.1 Å². The Bertz CT molecular complexity index is 199. The summed E-state index contributed by atoms with van der Waals surface area (Å²) in [6.07, 6.45) is 3.03. The summed E-state index contributed by atoms with van der Waals surface area (Å²) in [5, 5.41) is 12.2. The predicted octanol–water partition coefficient (Wildman–Crippen LogP) is 0.345. The van der Waals surface area contributed by atoms with Crippen LogP contribution in [0.15, 0.2) is 12.4 Å². The van der Waals surface area contributed by atoms with Gasteiger partial charge >= 0.3 is 0 Å². The first-order valence-electron chi connectivity index (χ1n) is 3.05. The molecule has 0 aliphatic heterocycles. The van der Waals surface area contributed by atoms with Crippen LogP contribution >= 0.6 is 0 Å². The second kappa shape index (κ2) is 3.31. The first-order chi connectivity index (χ1) is 4.86. The van der Waals surface area contributed by atoms with Crippen LogP contribution in [0.1, 0.15) is 5.56 Å². The smallest absolute Gasteiger partial charge is 0.118 e. The molecule has 1 aromatic rings. The Morgan fingerprint density at radius 2 is 2.50 bits per heavy atom. The number of hydrogen-bond acceptors (Lipinski definition) is 2. The third-order valence-electron chi connectivity index (χ3n) is 1.17. The molecule has 0 aliphatic rings. The molecule has 0 aliphatic carbocycles. The van der Waals surface area contributed by atoms with Gasteiger partial charge in [0, 0.05) is 11.8 Å². The van der Waals surface area contributed by atoms with Gasteiger partial charge in [-0.05, 0) is 0 Å². The van der Waals surface area contributed by atoms with Crippen molar-refractivity contribution in [3.8, 4) is 0 Å². The normalized spacial score (nSPS) is 10.2. The van der Waals surface area contributed by atoms with Crippen molar-refractivity contribution in [2.24, 2.45) is 0 Å². The number of aromatic nitrogens is 2. The van der Waals surface area contributed by atoms with Crippen LogP contribution in [0, 0.1) is 0 Å². The largest absolute Gasteiger partial charge is 0.394 e. The highest BCUT2D eigenvalue weighted by molar-refractivity contribution is 5.01. The first-order valence-corrected chi connectivity index (χ1v) is 3.05. The van der Waals surface area contributed by atoms with E-state index in [2.05, 4.69) is 5.10 Å². The summed E-state index contributed by atoms with van der Waals surface area (Å²) in [5.41, 5.74) is 0.549. The molecule has 0 unspecified atom stereocenters. The number of aliphatic hydroxyl groups excluding tert-OH is 1. The van der Waals surface area contributed by atoms with E-state index in [1.54, 1.807) is 6.20 Å². The topological polar surface area (TPSA) is 38.0 Å². The molecule has 0 atom stereocenters. The molecule has 4 heteroatoms. The molecule has 10 heavy (non-hydrogen) atoms. The number of rotatable bonds is 3. The highest BCUT2D eigenvalue weighted by Gasteiger charge is 1.95. The molecule has 0 spiro atoms. The molecular formula is C6H9FN2O. The molecule has 0 fully saturated rings. The van der Waals surface area contributed by atoms with Crippen molar-refractivity contribution in [1.82, 2.24) is 9.78 Å². The summed E-state index contributed by atoms with van der Waals surface area (Å²) in [6, 6.07) is 0. The van der Waals surface area contributed by atoms with Crippen LogP contribution in [-0.2, 0) is 13.2 Å². The van der Waals surface area contributed by atoms with E-state index in [1.165, 1.54) is 10.9 Å². The fraction of sp³-hybridized carbons (Fsp3) is 0.500. The Balaban J connectivity index is 2.59. The number of alkyl halides is 1. The zero-order valence-electron chi connectivity index (χ0n) is 5.50. The molecule has 1 rings (SSSR count). The fourth-order valence-electron chi connectivity index (χ4n) is 0.700. The minimum Gasteiger partial charge on any atom is -0.394 e. The van der Waals surface area contributed by atoms with E-state index in [1.807, 2.05) is 0 Å². The maximum Gasteiger partial charge on any atom is 0.118 e. The maximum absolute atomic E-state index is 11.9. The van der Waals surface area contributed by atoms with Crippen LogP contribution in [0.3, 0.4) is 0 Å². The Hall–Kier alpha value is -0.900. The number of hydrogen-bond donors (Lipinski definition) is 1. The lowest BCUT2D eigenvalue weighted by molar-refractivity contribution is 0.269. The highest BCUT2D eigenvalue weighted by Crippen LogP contribution is 1.98. The number of halogens is 1. The van der Waals surface area contributed by atoms with Gasteiger partial charge in [-0.3, -0.25) is 4.68 Å². The maximum atomic E-state index is 11.9. The lowest BCUT2D eigenvalue weighted by atomic mass is 10.4. The van der Waals surface area contributed by atoms with E-state index in [4.69, 9.17) is 5.11 Å². The highest BCUT2D eigenvalue weighted by atomic mass is 19.1. The zero-order valence-corrected chi connectivity index (χ0v) is 5.50. The van der Waals surface area contributed by atoms with E-state index < -0.39 is 6.67 Å². The molecule has 1 aromatic heterocycles. The van der Waals surface area contributed by atoms with Gasteiger partial charge in [0.2, 0.25) is 0 Å². The summed E-state index contributed by atoms with van der Waals surface area (Å²) >= 11 is 0. The van der Waals surface area contributed by atoms with Gasteiger partial charge < -0.3 is 5.11 Å². The van der Waals surface area contributed by atoms with Crippen LogP contribution in [0.5, 0.6) is 0 Å². The first kappa shape index (κ1) is 7.21. The molecule has 3 nitrogen and oxygen atoms in total. The summed E-state index contributed by atoms with van der Waals surface area (Å²) < 4.78 is 13.4. The number of aliphatic hydroxyl groups is 1. The third kappa shape index (κ3) is 1.54. The summed E-state index contributed by atoms with van der Waals surface area (Å²) in [5.74, 6) is 0. The molecule has 56 valence electrons. The van der Waals surface area contributed by atoms with Gasteiger partial charge in [0.05, 0.1) is 19.3 Å². The average Bonchev–Trinajstić information content (AvgIpc) is 2.37. The lowest BCUT2D eigenvalue weighted by Gasteiger charge is -1.93. The molecule has 0 saturated carbocycles. The molecule has 0 radical (unpaired) electrons. The SMILES string of the molecule is OCCn1cc(CF)cn1. The van der Waals surface area contributed by atoms with E-state index >= 15 is 0 Å². The van der Waals surface area contributed by atoms with Gasteiger partial charge in [-0.1, -0.05) is 0 Å². The van der Waals surface area contributed by atoms with Gasteiger partial charge in [0.1, 0.15) is 6.67 Å². The van der Waals surface area contributed by atoms with Crippen molar-refractivity contribution in [2.45, 2.75) is 13.2 Å². The lowest BCUT2D eigenvalue weighted by Crippen LogP contribution is -2.01. The van der Waals surface area contributed by atoms with Crippen molar-refractivity contribution < 1.29 is 9.50 Å².